The normalized spacial score (nSPS) is 28.1. The van der Waals surface area contributed by atoms with E-state index in [1.807, 2.05) is 32.1 Å². The van der Waals surface area contributed by atoms with E-state index in [0.29, 0.717) is 0 Å². The van der Waals surface area contributed by atoms with Gasteiger partial charge in [0.2, 0.25) is 0 Å². The van der Waals surface area contributed by atoms with Crippen molar-refractivity contribution in [3.05, 3.63) is 23.8 Å². The van der Waals surface area contributed by atoms with E-state index in [2.05, 4.69) is 38.8 Å². The van der Waals surface area contributed by atoms with Crippen LogP contribution in [0.2, 0.25) is 0 Å². The summed E-state index contributed by atoms with van der Waals surface area (Å²) in [5.41, 5.74) is 6.59. The number of carbonyl (C=O) groups excluding carboxylic acids is 1. The topological polar surface area (TPSA) is 43.1 Å². The van der Waals surface area contributed by atoms with E-state index < -0.39 is 8.65 Å². The Kier molecular flexibility index (Phi) is 5.39. The lowest BCUT2D eigenvalue weighted by Gasteiger charge is -2.38. The first-order valence-corrected chi connectivity index (χ1v) is 7.88. The fraction of sp³-hybridized carbons (Fsp3) is 0.643. The van der Waals surface area contributed by atoms with Crippen molar-refractivity contribution in [3.8, 4) is 0 Å². The number of Topliss-reactive ketones (excluding diaryl/α,β-unsaturated/α-hetero) is 1. The highest BCUT2D eigenvalue weighted by Crippen LogP contribution is 2.43. The molecule has 1 aliphatic rings. The van der Waals surface area contributed by atoms with Crippen LogP contribution >= 0.6 is 31.9 Å². The number of hydrogen-bond donors (Lipinski definition) is 1. The number of halogens is 2. The maximum atomic E-state index is 12.8. The molecule has 2 nitrogen and oxygen atoms in total. The summed E-state index contributed by atoms with van der Waals surface area (Å²) in [6.07, 6.45) is 8.62. The molecule has 102 valence electrons. The summed E-state index contributed by atoms with van der Waals surface area (Å²) in [6.45, 7) is 5.99. The van der Waals surface area contributed by atoms with E-state index in [-0.39, 0.29) is 11.8 Å². The van der Waals surface area contributed by atoms with Gasteiger partial charge in [0.15, 0.2) is 5.78 Å². The molecule has 0 aromatic heterocycles. The maximum Gasteiger partial charge on any atom is 0.171 e. The summed E-state index contributed by atoms with van der Waals surface area (Å²) < 4.78 is -0.676. The van der Waals surface area contributed by atoms with Crippen molar-refractivity contribution in [1.29, 1.82) is 0 Å². The fourth-order valence-electron chi connectivity index (χ4n) is 2.20. The van der Waals surface area contributed by atoms with E-state index in [9.17, 15) is 4.79 Å². The average Bonchev–Trinajstić information content (AvgIpc) is 2.32. The first-order chi connectivity index (χ1) is 8.25. The van der Waals surface area contributed by atoms with Crippen molar-refractivity contribution in [2.24, 2.45) is 11.1 Å². The Morgan fingerprint density at radius 3 is 2.72 bits per heavy atom. The molecule has 0 heterocycles. The van der Waals surface area contributed by atoms with E-state index in [4.69, 9.17) is 5.73 Å². The maximum absolute atomic E-state index is 12.8. The highest BCUT2D eigenvalue weighted by Gasteiger charge is 2.47. The van der Waals surface area contributed by atoms with Crippen LogP contribution in [0.4, 0.5) is 0 Å². The van der Waals surface area contributed by atoms with Crippen LogP contribution in [0, 0.1) is 5.41 Å². The molecular formula is C14H21Br2NO. The SMILES string of the molecule is CCCCC(Br)(Br)C(=O)C1(C)C=CC=C(C)C1N. The van der Waals surface area contributed by atoms with Gasteiger partial charge in [0, 0.05) is 6.04 Å². The predicted molar refractivity (Wildman–Crippen MR) is 84.1 cm³/mol. The smallest absolute Gasteiger partial charge is 0.171 e. The van der Waals surface area contributed by atoms with E-state index in [0.717, 1.165) is 24.8 Å². The highest BCUT2D eigenvalue weighted by atomic mass is 79.9. The summed E-state index contributed by atoms with van der Waals surface area (Å²) >= 11 is 7.05. The van der Waals surface area contributed by atoms with E-state index in [1.54, 1.807) is 0 Å². The quantitative estimate of drug-likeness (QED) is 0.732. The van der Waals surface area contributed by atoms with Crippen LogP contribution in [0.15, 0.2) is 23.8 Å². The molecule has 2 atom stereocenters. The van der Waals surface area contributed by atoms with Gasteiger partial charge in [0.1, 0.15) is 3.23 Å². The predicted octanol–water partition coefficient (Wildman–Crippen LogP) is 4.08. The Balaban J connectivity index is 2.96. The third-order valence-electron chi connectivity index (χ3n) is 3.60. The van der Waals surface area contributed by atoms with Gasteiger partial charge in [-0.25, -0.2) is 0 Å². The minimum absolute atomic E-state index is 0.0969. The summed E-state index contributed by atoms with van der Waals surface area (Å²) in [4.78, 5) is 12.8. The van der Waals surface area contributed by atoms with Crippen molar-refractivity contribution < 1.29 is 4.79 Å². The van der Waals surface area contributed by atoms with E-state index in [1.165, 1.54) is 0 Å². The van der Waals surface area contributed by atoms with Crippen molar-refractivity contribution in [1.82, 2.24) is 0 Å². The molecule has 4 heteroatoms. The first-order valence-electron chi connectivity index (χ1n) is 6.30. The van der Waals surface area contributed by atoms with Crippen LogP contribution in [0.5, 0.6) is 0 Å². The van der Waals surface area contributed by atoms with Crippen LogP contribution in [-0.4, -0.2) is 15.1 Å². The van der Waals surface area contributed by atoms with Gasteiger partial charge in [0.05, 0.1) is 5.41 Å². The monoisotopic (exact) mass is 377 g/mol. The zero-order valence-electron chi connectivity index (χ0n) is 11.2. The molecule has 1 rings (SSSR count). The molecule has 0 radical (unpaired) electrons. The minimum Gasteiger partial charge on any atom is -0.323 e. The zero-order chi connectivity index (χ0) is 14.0. The van der Waals surface area contributed by atoms with Gasteiger partial charge in [-0.05, 0) is 20.3 Å². The van der Waals surface area contributed by atoms with Gasteiger partial charge >= 0.3 is 0 Å². The van der Waals surface area contributed by atoms with Gasteiger partial charge in [-0.15, -0.1) is 0 Å². The second kappa shape index (κ2) is 6.02. The molecule has 18 heavy (non-hydrogen) atoms. The summed E-state index contributed by atoms with van der Waals surface area (Å²) in [5.74, 6) is 0.0969. The Labute approximate surface area is 126 Å². The van der Waals surface area contributed by atoms with Crippen LogP contribution < -0.4 is 5.73 Å². The number of unbranched alkanes of at least 4 members (excludes halogenated alkanes) is 1. The number of rotatable bonds is 5. The van der Waals surface area contributed by atoms with Crippen molar-refractivity contribution in [2.45, 2.75) is 49.3 Å². The molecular weight excluding hydrogens is 358 g/mol. The van der Waals surface area contributed by atoms with Crippen LogP contribution in [0.3, 0.4) is 0 Å². The molecule has 0 fully saturated rings. The van der Waals surface area contributed by atoms with Gasteiger partial charge in [0.25, 0.3) is 0 Å². The third-order valence-corrected chi connectivity index (χ3v) is 5.12. The second-order valence-corrected chi connectivity index (χ2v) is 8.94. The highest BCUT2D eigenvalue weighted by molar-refractivity contribution is 9.25. The molecule has 2 N–H and O–H groups in total. The second-order valence-electron chi connectivity index (χ2n) is 5.17. The number of allylic oxidation sites excluding steroid dienone is 2. The van der Waals surface area contributed by atoms with Crippen molar-refractivity contribution in [2.75, 3.05) is 0 Å². The molecule has 2 unspecified atom stereocenters. The summed E-state index contributed by atoms with van der Waals surface area (Å²) in [6, 6.07) is -0.258. The number of ketones is 1. The van der Waals surface area contributed by atoms with Crippen LogP contribution in [-0.2, 0) is 4.79 Å². The average molecular weight is 379 g/mol. The molecule has 1 aliphatic carbocycles. The molecule has 0 saturated heterocycles. The Hall–Kier alpha value is 0.0700. The molecule has 0 aliphatic heterocycles. The molecule has 0 spiro atoms. The van der Waals surface area contributed by atoms with Crippen molar-refractivity contribution in [3.63, 3.8) is 0 Å². The third kappa shape index (κ3) is 3.14. The minimum atomic E-state index is -0.676. The Morgan fingerprint density at radius 2 is 2.17 bits per heavy atom. The standard InChI is InChI=1S/C14H21Br2NO/c1-4-5-9-14(15,16)12(18)13(3)8-6-7-10(2)11(13)17/h6-8,11H,4-5,9,17H2,1-3H3. The van der Waals surface area contributed by atoms with Crippen molar-refractivity contribution >= 4 is 37.6 Å². The number of hydrogen-bond acceptors (Lipinski definition) is 2. The van der Waals surface area contributed by atoms with Gasteiger partial charge < -0.3 is 5.73 Å². The zero-order valence-corrected chi connectivity index (χ0v) is 14.3. The number of carbonyl (C=O) groups is 1. The lowest BCUT2D eigenvalue weighted by Crippen LogP contribution is -2.51. The molecule has 0 saturated carbocycles. The fourth-order valence-corrected chi connectivity index (χ4v) is 3.62. The Bertz CT molecular complexity index is 387. The number of alkyl halides is 2. The largest absolute Gasteiger partial charge is 0.323 e. The molecule has 0 bridgehead atoms. The van der Waals surface area contributed by atoms with Gasteiger partial charge in [-0.1, -0.05) is 75.4 Å². The number of nitrogens with two attached hydrogens (primary N) is 1. The van der Waals surface area contributed by atoms with Gasteiger partial charge in [-0.3, -0.25) is 4.79 Å². The van der Waals surface area contributed by atoms with Gasteiger partial charge in [-0.2, -0.15) is 0 Å². The lowest BCUT2D eigenvalue weighted by molar-refractivity contribution is -0.126. The lowest BCUT2D eigenvalue weighted by atomic mass is 9.72. The van der Waals surface area contributed by atoms with Crippen LogP contribution in [0.25, 0.3) is 0 Å². The summed E-state index contributed by atoms with van der Waals surface area (Å²) in [5, 5.41) is 0. The van der Waals surface area contributed by atoms with Crippen LogP contribution in [0.1, 0.15) is 40.0 Å². The van der Waals surface area contributed by atoms with E-state index >= 15 is 0 Å². The first kappa shape index (κ1) is 16.1. The Morgan fingerprint density at radius 1 is 1.56 bits per heavy atom. The summed E-state index contributed by atoms with van der Waals surface area (Å²) in [7, 11) is 0. The molecule has 0 amide bonds. The molecule has 0 aromatic carbocycles. The molecule has 0 aromatic rings.